The first-order valence-electron chi connectivity index (χ1n) is 12.9. The number of hydrogen-bond donors (Lipinski definition) is 0. The SMILES string of the molecule is c1ccc(-n2c3ccccc3c3ccc(-c4ccc5c6ncccc6n(-c6ccccc6)c5c4)cc32)cc1. The zero-order valence-corrected chi connectivity index (χ0v) is 20.6. The summed E-state index contributed by atoms with van der Waals surface area (Å²) in [4.78, 5) is 4.74. The van der Waals surface area contributed by atoms with Gasteiger partial charge in [-0.3, -0.25) is 4.98 Å². The molecule has 0 aliphatic heterocycles. The van der Waals surface area contributed by atoms with Gasteiger partial charge in [-0.25, -0.2) is 0 Å². The van der Waals surface area contributed by atoms with Crippen molar-refractivity contribution in [1.29, 1.82) is 0 Å². The Morgan fingerprint density at radius 1 is 0.395 bits per heavy atom. The molecule has 3 nitrogen and oxygen atoms in total. The van der Waals surface area contributed by atoms with E-state index in [0.717, 1.165) is 27.6 Å². The van der Waals surface area contributed by atoms with Crippen molar-refractivity contribution in [2.45, 2.75) is 0 Å². The average molecular weight is 486 g/mol. The molecule has 0 saturated carbocycles. The van der Waals surface area contributed by atoms with Gasteiger partial charge in [0.2, 0.25) is 0 Å². The number of fused-ring (bicyclic) bond motifs is 6. The second-order valence-electron chi connectivity index (χ2n) is 9.69. The summed E-state index contributed by atoms with van der Waals surface area (Å²) in [6.45, 7) is 0. The van der Waals surface area contributed by atoms with Gasteiger partial charge in [-0.15, -0.1) is 0 Å². The third kappa shape index (κ3) is 3.06. The number of para-hydroxylation sites is 3. The molecule has 0 saturated heterocycles. The van der Waals surface area contributed by atoms with Gasteiger partial charge in [-0.1, -0.05) is 72.8 Å². The van der Waals surface area contributed by atoms with Crippen LogP contribution in [0.4, 0.5) is 0 Å². The normalized spacial score (nSPS) is 11.7. The molecule has 0 bridgehead atoms. The van der Waals surface area contributed by atoms with Crippen LogP contribution in [0, 0.1) is 0 Å². The van der Waals surface area contributed by atoms with Crippen molar-refractivity contribution in [3.8, 4) is 22.5 Å². The van der Waals surface area contributed by atoms with Crippen LogP contribution in [0.15, 0.2) is 140 Å². The van der Waals surface area contributed by atoms with Gasteiger partial charge in [0.25, 0.3) is 0 Å². The quantitative estimate of drug-likeness (QED) is 0.245. The first-order valence-corrected chi connectivity index (χ1v) is 12.9. The molecule has 0 unspecified atom stereocenters. The van der Waals surface area contributed by atoms with Crippen LogP contribution < -0.4 is 0 Å². The van der Waals surface area contributed by atoms with E-state index < -0.39 is 0 Å². The Balaban J connectivity index is 1.40. The molecule has 3 aromatic heterocycles. The van der Waals surface area contributed by atoms with Crippen LogP contribution in [0.25, 0.3) is 66.2 Å². The van der Waals surface area contributed by atoms with Gasteiger partial charge >= 0.3 is 0 Å². The van der Waals surface area contributed by atoms with Crippen LogP contribution >= 0.6 is 0 Å². The van der Waals surface area contributed by atoms with Crippen molar-refractivity contribution in [3.63, 3.8) is 0 Å². The Morgan fingerprint density at radius 2 is 0.921 bits per heavy atom. The van der Waals surface area contributed by atoms with Crippen LogP contribution in [0.2, 0.25) is 0 Å². The Hall–Kier alpha value is -5.15. The number of hydrogen-bond acceptors (Lipinski definition) is 1. The molecule has 0 atom stereocenters. The Kier molecular flexibility index (Phi) is 4.52. The molecule has 5 aromatic carbocycles. The van der Waals surface area contributed by atoms with Crippen molar-refractivity contribution < 1.29 is 0 Å². The number of benzene rings is 5. The van der Waals surface area contributed by atoms with E-state index in [9.17, 15) is 0 Å². The maximum Gasteiger partial charge on any atom is 0.0963 e. The van der Waals surface area contributed by atoms with Crippen LogP contribution in [-0.2, 0) is 0 Å². The van der Waals surface area contributed by atoms with Crippen LogP contribution in [0.5, 0.6) is 0 Å². The molecular formula is C35H23N3. The van der Waals surface area contributed by atoms with Gasteiger partial charge < -0.3 is 9.13 Å². The maximum absolute atomic E-state index is 4.74. The summed E-state index contributed by atoms with van der Waals surface area (Å²) in [6, 6.07) is 47.6. The molecule has 8 aromatic rings. The lowest BCUT2D eigenvalue weighted by atomic mass is 10.0. The molecule has 178 valence electrons. The molecule has 0 radical (unpaired) electrons. The highest BCUT2D eigenvalue weighted by atomic mass is 15.0. The summed E-state index contributed by atoms with van der Waals surface area (Å²) >= 11 is 0. The lowest BCUT2D eigenvalue weighted by Crippen LogP contribution is -1.94. The minimum Gasteiger partial charge on any atom is -0.309 e. The minimum atomic E-state index is 1.03. The van der Waals surface area contributed by atoms with E-state index in [2.05, 4.69) is 137 Å². The zero-order chi connectivity index (χ0) is 25.1. The third-order valence-corrected chi connectivity index (χ3v) is 7.56. The minimum absolute atomic E-state index is 1.03. The van der Waals surface area contributed by atoms with Gasteiger partial charge in [0.15, 0.2) is 0 Å². The highest BCUT2D eigenvalue weighted by Crippen LogP contribution is 2.37. The predicted octanol–water partition coefficient (Wildman–Crippen LogP) is 8.94. The van der Waals surface area contributed by atoms with Crippen molar-refractivity contribution in [3.05, 3.63) is 140 Å². The van der Waals surface area contributed by atoms with Gasteiger partial charge in [0.1, 0.15) is 0 Å². The highest BCUT2D eigenvalue weighted by Gasteiger charge is 2.16. The largest absolute Gasteiger partial charge is 0.309 e. The van der Waals surface area contributed by atoms with E-state index in [1.807, 2.05) is 12.3 Å². The highest BCUT2D eigenvalue weighted by molar-refractivity contribution is 6.11. The first-order chi connectivity index (χ1) is 18.9. The molecule has 0 N–H and O–H groups in total. The molecule has 0 fully saturated rings. The molecular weight excluding hydrogens is 462 g/mol. The maximum atomic E-state index is 4.74. The lowest BCUT2D eigenvalue weighted by Gasteiger charge is -2.10. The van der Waals surface area contributed by atoms with E-state index in [1.54, 1.807) is 0 Å². The summed E-state index contributed by atoms with van der Waals surface area (Å²) in [5, 5.41) is 3.69. The van der Waals surface area contributed by atoms with Crippen molar-refractivity contribution in [2.75, 3.05) is 0 Å². The second kappa shape index (κ2) is 8.19. The zero-order valence-electron chi connectivity index (χ0n) is 20.6. The molecule has 0 spiro atoms. The van der Waals surface area contributed by atoms with Gasteiger partial charge in [-0.2, -0.15) is 0 Å². The van der Waals surface area contributed by atoms with E-state index in [-0.39, 0.29) is 0 Å². The molecule has 3 heteroatoms. The van der Waals surface area contributed by atoms with E-state index in [0.29, 0.717) is 0 Å². The molecule has 0 aliphatic rings. The lowest BCUT2D eigenvalue weighted by molar-refractivity contribution is 1.17. The van der Waals surface area contributed by atoms with Crippen LogP contribution in [0.1, 0.15) is 0 Å². The predicted molar refractivity (Wildman–Crippen MR) is 158 cm³/mol. The standard InChI is InChI=1S/C35H23N3/c1-3-10-26(11-4-1)37-31-15-8-7-14-28(31)29-19-17-24(22-33(29)37)25-18-20-30-34(23-25)38(27-12-5-2-6-13-27)32-16-9-21-36-35(30)32/h1-23H. The number of rotatable bonds is 3. The molecule has 3 heterocycles. The molecule has 38 heavy (non-hydrogen) atoms. The van der Waals surface area contributed by atoms with Gasteiger partial charge in [0.05, 0.1) is 27.6 Å². The Labute approximate surface area is 219 Å². The first kappa shape index (κ1) is 21.0. The fourth-order valence-corrected chi connectivity index (χ4v) is 5.87. The molecule has 0 amide bonds. The van der Waals surface area contributed by atoms with Gasteiger partial charge in [0, 0.05) is 33.7 Å². The summed E-state index contributed by atoms with van der Waals surface area (Å²) in [7, 11) is 0. The van der Waals surface area contributed by atoms with Gasteiger partial charge in [-0.05, 0) is 71.8 Å². The summed E-state index contributed by atoms with van der Waals surface area (Å²) in [5.41, 5.74) is 10.4. The summed E-state index contributed by atoms with van der Waals surface area (Å²) < 4.78 is 4.69. The van der Waals surface area contributed by atoms with E-state index >= 15 is 0 Å². The average Bonchev–Trinajstić information content (AvgIpc) is 3.50. The van der Waals surface area contributed by atoms with Crippen molar-refractivity contribution in [1.82, 2.24) is 14.1 Å². The Morgan fingerprint density at radius 3 is 1.63 bits per heavy atom. The number of pyridine rings is 1. The Bertz CT molecular complexity index is 1960. The summed E-state index contributed by atoms with van der Waals surface area (Å²) in [5.74, 6) is 0. The fraction of sp³-hybridized carbons (Fsp3) is 0. The fourth-order valence-electron chi connectivity index (χ4n) is 5.87. The molecule has 8 rings (SSSR count). The molecule has 0 aliphatic carbocycles. The number of nitrogens with zero attached hydrogens (tertiary/aromatic N) is 3. The van der Waals surface area contributed by atoms with E-state index in [4.69, 9.17) is 4.98 Å². The van der Waals surface area contributed by atoms with Crippen molar-refractivity contribution in [2.24, 2.45) is 0 Å². The van der Waals surface area contributed by atoms with Crippen LogP contribution in [-0.4, -0.2) is 14.1 Å². The second-order valence-corrected chi connectivity index (χ2v) is 9.69. The van der Waals surface area contributed by atoms with Crippen LogP contribution in [0.3, 0.4) is 0 Å². The van der Waals surface area contributed by atoms with Crippen molar-refractivity contribution >= 4 is 43.7 Å². The monoisotopic (exact) mass is 485 g/mol. The third-order valence-electron chi connectivity index (χ3n) is 7.56. The smallest absolute Gasteiger partial charge is 0.0963 e. The topological polar surface area (TPSA) is 22.8 Å². The van der Waals surface area contributed by atoms with E-state index in [1.165, 1.54) is 38.6 Å². The number of aromatic nitrogens is 3. The summed E-state index contributed by atoms with van der Waals surface area (Å²) in [6.07, 6.45) is 1.88.